The van der Waals surface area contributed by atoms with Crippen molar-refractivity contribution in [2.75, 3.05) is 11.9 Å². The van der Waals surface area contributed by atoms with Crippen molar-refractivity contribution in [1.82, 2.24) is 14.8 Å². The van der Waals surface area contributed by atoms with Gasteiger partial charge in [0.25, 0.3) is 0 Å². The fourth-order valence-electron chi connectivity index (χ4n) is 1.62. The van der Waals surface area contributed by atoms with E-state index in [1.54, 1.807) is 19.2 Å². The zero-order chi connectivity index (χ0) is 14.8. The van der Waals surface area contributed by atoms with Gasteiger partial charge in [-0.1, -0.05) is 0 Å². The van der Waals surface area contributed by atoms with E-state index in [0.29, 0.717) is 12.2 Å². The number of nitrogens with zero attached hydrogens (tertiary/aromatic N) is 3. The van der Waals surface area contributed by atoms with Crippen LogP contribution in [0.3, 0.4) is 0 Å². The molecule has 0 bridgehead atoms. The molecule has 108 valence electrons. The smallest absolute Gasteiger partial charge is 0.315 e. The third kappa shape index (κ3) is 3.16. The fourth-order valence-corrected chi connectivity index (χ4v) is 2.53. The van der Waals surface area contributed by atoms with E-state index in [0.717, 1.165) is 17.2 Å². The van der Waals surface area contributed by atoms with E-state index in [2.05, 4.69) is 15.4 Å². The normalized spacial score (nSPS) is 11.6. The van der Waals surface area contributed by atoms with Gasteiger partial charge in [-0.25, -0.2) is 4.98 Å². The van der Waals surface area contributed by atoms with Crippen molar-refractivity contribution in [3.63, 3.8) is 0 Å². The maximum atomic E-state index is 11.2. The first-order chi connectivity index (χ1) is 9.39. The zero-order valence-electron chi connectivity index (χ0n) is 11.8. The molecule has 0 amide bonds. The number of hydrogen-bond donors (Lipinski definition) is 2. The van der Waals surface area contributed by atoms with Crippen molar-refractivity contribution in [3.8, 4) is 0 Å². The van der Waals surface area contributed by atoms with Crippen LogP contribution in [-0.4, -0.2) is 32.4 Å². The average Bonchev–Trinajstić information content (AvgIpc) is 2.99. The van der Waals surface area contributed by atoms with Gasteiger partial charge in [0.1, 0.15) is 5.41 Å². The van der Waals surface area contributed by atoms with Crippen molar-refractivity contribution in [2.45, 2.75) is 32.7 Å². The standard InChI is InChI=1S/C13H18N4O2S/c1-9-6-15-17(7-9)5-4-14-12-16-10(8-20-12)13(2,3)11(18)19/h6-8H,4-5H2,1-3H3,(H,14,16)(H,18,19). The van der Waals surface area contributed by atoms with Gasteiger partial charge in [0.15, 0.2) is 5.13 Å². The number of carboxylic acid groups (broad SMARTS) is 1. The first-order valence-corrected chi connectivity index (χ1v) is 7.20. The van der Waals surface area contributed by atoms with Crippen molar-refractivity contribution in [1.29, 1.82) is 0 Å². The van der Waals surface area contributed by atoms with E-state index in [-0.39, 0.29) is 0 Å². The number of carbonyl (C=O) groups is 1. The second kappa shape index (κ2) is 5.62. The summed E-state index contributed by atoms with van der Waals surface area (Å²) in [4.78, 5) is 15.5. The molecule has 20 heavy (non-hydrogen) atoms. The Morgan fingerprint density at radius 2 is 2.30 bits per heavy atom. The average molecular weight is 294 g/mol. The van der Waals surface area contributed by atoms with Crippen LogP contribution < -0.4 is 5.32 Å². The van der Waals surface area contributed by atoms with Gasteiger partial charge in [0.2, 0.25) is 0 Å². The van der Waals surface area contributed by atoms with Crippen LogP contribution in [0.25, 0.3) is 0 Å². The highest BCUT2D eigenvalue weighted by atomic mass is 32.1. The van der Waals surface area contributed by atoms with Gasteiger partial charge in [0.05, 0.1) is 18.4 Å². The number of aliphatic carboxylic acids is 1. The molecule has 0 aliphatic heterocycles. The Morgan fingerprint density at radius 3 is 2.90 bits per heavy atom. The molecule has 2 heterocycles. The maximum Gasteiger partial charge on any atom is 0.315 e. The van der Waals surface area contributed by atoms with E-state index >= 15 is 0 Å². The highest BCUT2D eigenvalue weighted by Crippen LogP contribution is 2.27. The molecular weight excluding hydrogens is 276 g/mol. The first-order valence-electron chi connectivity index (χ1n) is 6.32. The molecule has 0 saturated carbocycles. The summed E-state index contributed by atoms with van der Waals surface area (Å²) in [6.45, 7) is 6.74. The molecule has 0 atom stereocenters. The predicted octanol–water partition coefficient (Wildman–Crippen LogP) is 2.12. The monoisotopic (exact) mass is 294 g/mol. The zero-order valence-corrected chi connectivity index (χ0v) is 12.6. The maximum absolute atomic E-state index is 11.2. The number of anilines is 1. The Balaban J connectivity index is 1.92. The molecule has 7 heteroatoms. The van der Waals surface area contributed by atoms with Crippen molar-refractivity contribution >= 4 is 22.4 Å². The number of carboxylic acids is 1. The molecular formula is C13H18N4O2S. The molecule has 0 radical (unpaired) electrons. The molecule has 2 N–H and O–H groups in total. The van der Waals surface area contributed by atoms with Gasteiger partial charge in [-0.05, 0) is 26.3 Å². The summed E-state index contributed by atoms with van der Waals surface area (Å²) in [7, 11) is 0. The number of thiazole rings is 1. The molecule has 6 nitrogen and oxygen atoms in total. The van der Waals surface area contributed by atoms with Crippen LogP contribution in [0.15, 0.2) is 17.8 Å². The molecule has 0 spiro atoms. The van der Waals surface area contributed by atoms with Crippen molar-refractivity contribution in [2.24, 2.45) is 0 Å². The minimum atomic E-state index is -0.963. The molecule has 0 aliphatic rings. The Labute approximate surface area is 121 Å². The van der Waals surface area contributed by atoms with Crippen LogP contribution in [0, 0.1) is 6.92 Å². The molecule has 0 unspecified atom stereocenters. The van der Waals surface area contributed by atoms with Gasteiger partial charge < -0.3 is 10.4 Å². The lowest BCUT2D eigenvalue weighted by Crippen LogP contribution is -2.28. The third-order valence-corrected chi connectivity index (χ3v) is 3.86. The van der Waals surface area contributed by atoms with Crippen LogP contribution in [0.2, 0.25) is 0 Å². The highest BCUT2D eigenvalue weighted by Gasteiger charge is 2.32. The van der Waals surface area contributed by atoms with Gasteiger partial charge >= 0.3 is 5.97 Å². The second-order valence-electron chi connectivity index (χ2n) is 5.18. The molecule has 0 fully saturated rings. The summed E-state index contributed by atoms with van der Waals surface area (Å²) in [5.74, 6) is -0.874. The number of hydrogen-bond acceptors (Lipinski definition) is 5. The highest BCUT2D eigenvalue weighted by molar-refractivity contribution is 7.13. The van der Waals surface area contributed by atoms with Gasteiger partial charge in [-0.3, -0.25) is 9.48 Å². The Kier molecular flexibility index (Phi) is 4.08. The lowest BCUT2D eigenvalue weighted by molar-refractivity contribution is -0.142. The SMILES string of the molecule is Cc1cnn(CCNc2nc(C(C)(C)C(=O)O)cs2)c1. The molecule has 2 aromatic heterocycles. The lowest BCUT2D eigenvalue weighted by atomic mass is 9.90. The second-order valence-corrected chi connectivity index (χ2v) is 6.03. The van der Waals surface area contributed by atoms with Crippen molar-refractivity contribution in [3.05, 3.63) is 29.0 Å². The third-order valence-electron chi connectivity index (χ3n) is 3.06. The van der Waals surface area contributed by atoms with E-state index in [1.807, 2.05) is 24.0 Å². The summed E-state index contributed by atoms with van der Waals surface area (Å²) < 4.78 is 1.86. The number of nitrogens with one attached hydrogen (secondary N) is 1. The number of aryl methyl sites for hydroxylation is 1. The largest absolute Gasteiger partial charge is 0.481 e. The lowest BCUT2D eigenvalue weighted by Gasteiger charge is -2.15. The van der Waals surface area contributed by atoms with Crippen LogP contribution in [0.5, 0.6) is 0 Å². The van der Waals surface area contributed by atoms with Crippen molar-refractivity contribution < 1.29 is 9.90 Å². The molecule has 0 aromatic carbocycles. The van der Waals surface area contributed by atoms with E-state index < -0.39 is 11.4 Å². The minimum Gasteiger partial charge on any atom is -0.481 e. The molecule has 0 saturated heterocycles. The quantitative estimate of drug-likeness (QED) is 0.853. The number of rotatable bonds is 6. The van der Waals surface area contributed by atoms with Crippen LogP contribution >= 0.6 is 11.3 Å². The predicted molar refractivity (Wildman–Crippen MR) is 78.2 cm³/mol. The Hall–Kier alpha value is -1.89. The topological polar surface area (TPSA) is 80.0 Å². The van der Waals surface area contributed by atoms with Crippen LogP contribution in [0.1, 0.15) is 25.1 Å². The summed E-state index contributed by atoms with van der Waals surface area (Å²) in [5.41, 5.74) is 0.743. The van der Waals surface area contributed by atoms with Gasteiger partial charge in [-0.15, -0.1) is 11.3 Å². The van der Waals surface area contributed by atoms with E-state index in [1.165, 1.54) is 11.3 Å². The van der Waals surface area contributed by atoms with Gasteiger partial charge in [-0.2, -0.15) is 5.10 Å². The Morgan fingerprint density at radius 1 is 1.55 bits per heavy atom. The first kappa shape index (κ1) is 14.5. The molecule has 2 aromatic rings. The van der Waals surface area contributed by atoms with E-state index in [9.17, 15) is 4.79 Å². The van der Waals surface area contributed by atoms with Gasteiger partial charge in [0, 0.05) is 18.1 Å². The number of aromatic nitrogens is 3. The fraction of sp³-hybridized carbons (Fsp3) is 0.462. The molecule has 2 rings (SSSR count). The minimum absolute atomic E-state index is 0.576. The van der Waals surface area contributed by atoms with Crippen LogP contribution in [0.4, 0.5) is 5.13 Å². The van der Waals surface area contributed by atoms with Crippen LogP contribution in [-0.2, 0) is 16.8 Å². The summed E-state index contributed by atoms with van der Waals surface area (Å²) in [5, 5.41) is 19.1. The Bertz CT molecular complexity index is 603. The molecule has 0 aliphatic carbocycles. The summed E-state index contributed by atoms with van der Waals surface area (Å²) >= 11 is 1.42. The summed E-state index contributed by atoms with van der Waals surface area (Å²) in [6, 6.07) is 0. The van der Waals surface area contributed by atoms with E-state index in [4.69, 9.17) is 5.11 Å². The summed E-state index contributed by atoms with van der Waals surface area (Å²) in [6.07, 6.45) is 3.79.